The lowest BCUT2D eigenvalue weighted by molar-refractivity contribution is -0.0532. The fourth-order valence-corrected chi connectivity index (χ4v) is 0.794. The van der Waals surface area contributed by atoms with Gasteiger partial charge in [0.2, 0.25) is 0 Å². The van der Waals surface area contributed by atoms with E-state index in [2.05, 4.69) is 10.5 Å². The van der Waals surface area contributed by atoms with Gasteiger partial charge in [-0.1, -0.05) is 6.92 Å². The van der Waals surface area contributed by atoms with Crippen molar-refractivity contribution in [3.8, 4) is 0 Å². The Labute approximate surface area is 77.1 Å². The molecule has 0 atom stereocenters. The maximum Gasteiger partial charge on any atom is 0.332 e. The first kappa shape index (κ1) is 11.9. The first-order valence-electron chi connectivity index (χ1n) is 3.83. The number of nitrogens with one attached hydrogen (secondary N) is 1. The summed E-state index contributed by atoms with van der Waals surface area (Å²) in [6.45, 7) is 1.87. The Bertz CT molecular complexity index is 189. The molecule has 0 spiro atoms. The summed E-state index contributed by atoms with van der Waals surface area (Å²) >= 11 is 0. The van der Waals surface area contributed by atoms with Crippen molar-refractivity contribution in [3.63, 3.8) is 0 Å². The van der Waals surface area contributed by atoms with Gasteiger partial charge < -0.3 is 15.2 Å². The van der Waals surface area contributed by atoms with Crippen LogP contribution < -0.4 is 11.2 Å². The molecule has 0 radical (unpaired) electrons. The number of hydrazone groups is 1. The van der Waals surface area contributed by atoms with E-state index in [-0.39, 0.29) is 0 Å². The highest BCUT2D eigenvalue weighted by atomic mass is 16.7. The van der Waals surface area contributed by atoms with Crippen molar-refractivity contribution in [2.24, 2.45) is 10.8 Å². The van der Waals surface area contributed by atoms with E-state index in [1.165, 1.54) is 14.2 Å². The minimum atomic E-state index is -0.711. The van der Waals surface area contributed by atoms with E-state index in [1.54, 1.807) is 0 Å². The number of methoxy groups -OCH3 is 2. The molecule has 0 aromatic heterocycles. The summed E-state index contributed by atoms with van der Waals surface area (Å²) in [4.78, 5) is 10.3. The summed E-state index contributed by atoms with van der Waals surface area (Å²) < 4.78 is 9.88. The molecule has 0 rings (SSSR count). The van der Waals surface area contributed by atoms with Crippen LogP contribution in [0.3, 0.4) is 0 Å². The van der Waals surface area contributed by atoms with Crippen LogP contribution in [0.5, 0.6) is 0 Å². The first-order valence-corrected chi connectivity index (χ1v) is 3.83. The minimum absolute atomic E-state index is 0.545. The van der Waals surface area contributed by atoms with Gasteiger partial charge in [-0.3, -0.25) is 0 Å². The van der Waals surface area contributed by atoms with Gasteiger partial charge in [-0.25, -0.2) is 10.2 Å². The number of amides is 2. The minimum Gasteiger partial charge on any atom is -0.351 e. The molecule has 0 fully saturated rings. The van der Waals surface area contributed by atoms with Gasteiger partial charge in [-0.05, 0) is 6.42 Å². The van der Waals surface area contributed by atoms with Crippen molar-refractivity contribution < 1.29 is 14.3 Å². The van der Waals surface area contributed by atoms with E-state index >= 15 is 0 Å². The number of nitrogens with two attached hydrogens (primary N) is 1. The zero-order valence-electron chi connectivity index (χ0n) is 8.03. The average Bonchev–Trinajstić information content (AvgIpc) is 2.11. The van der Waals surface area contributed by atoms with Crippen LogP contribution >= 0.6 is 0 Å². The number of carbonyl (C=O) groups excluding carboxylic acids is 1. The molecule has 0 unspecified atom stereocenters. The zero-order chi connectivity index (χ0) is 10.3. The maximum absolute atomic E-state index is 10.3. The van der Waals surface area contributed by atoms with Gasteiger partial charge in [-0.15, -0.1) is 0 Å². The van der Waals surface area contributed by atoms with E-state index in [0.29, 0.717) is 12.1 Å². The molecule has 0 bridgehead atoms. The van der Waals surface area contributed by atoms with Crippen LogP contribution in [0.15, 0.2) is 5.10 Å². The predicted octanol–water partition coefficient (Wildman–Crippen LogP) is 0.0396. The lowest BCUT2D eigenvalue weighted by Crippen LogP contribution is -2.31. The van der Waals surface area contributed by atoms with E-state index in [0.717, 1.165) is 0 Å². The predicted molar refractivity (Wildman–Crippen MR) is 48.3 cm³/mol. The molecular formula is C7H15N3O3. The summed E-state index contributed by atoms with van der Waals surface area (Å²) in [5.41, 5.74) is 7.53. The summed E-state index contributed by atoms with van der Waals surface area (Å²) in [5, 5.41) is 3.73. The number of nitrogens with zero attached hydrogens (tertiary/aromatic N) is 1. The molecule has 0 aromatic carbocycles. The quantitative estimate of drug-likeness (QED) is 0.363. The summed E-state index contributed by atoms with van der Waals surface area (Å²) in [7, 11) is 2.98. The van der Waals surface area contributed by atoms with Crippen LogP contribution in [0.1, 0.15) is 13.3 Å². The molecule has 3 N–H and O–H groups in total. The van der Waals surface area contributed by atoms with Gasteiger partial charge in [0.05, 0.1) is 5.71 Å². The second-order valence-electron chi connectivity index (χ2n) is 2.24. The van der Waals surface area contributed by atoms with Gasteiger partial charge >= 0.3 is 6.03 Å². The number of rotatable bonds is 5. The third-order valence-corrected chi connectivity index (χ3v) is 1.37. The molecule has 0 saturated heterocycles. The van der Waals surface area contributed by atoms with E-state index in [9.17, 15) is 4.79 Å². The van der Waals surface area contributed by atoms with Crippen LogP contribution in [0.25, 0.3) is 0 Å². The lowest BCUT2D eigenvalue weighted by atomic mass is 10.3. The molecule has 2 amide bonds. The SMILES string of the molecule is CC/C(=N\NC(N)=O)C(OC)OC. The summed E-state index contributed by atoms with van der Waals surface area (Å²) in [6, 6.07) is -0.711. The molecule has 0 heterocycles. The number of urea groups is 1. The highest BCUT2D eigenvalue weighted by molar-refractivity contribution is 5.88. The monoisotopic (exact) mass is 189 g/mol. The molecular weight excluding hydrogens is 174 g/mol. The Hall–Kier alpha value is -1.14. The Morgan fingerprint density at radius 1 is 1.54 bits per heavy atom. The summed E-state index contributed by atoms with van der Waals surface area (Å²) in [5.74, 6) is 0. The van der Waals surface area contributed by atoms with E-state index in [1.807, 2.05) is 6.92 Å². The van der Waals surface area contributed by atoms with E-state index in [4.69, 9.17) is 15.2 Å². The Kier molecular flexibility index (Phi) is 5.82. The van der Waals surface area contributed by atoms with Crippen molar-refractivity contribution >= 4 is 11.7 Å². The Morgan fingerprint density at radius 3 is 2.38 bits per heavy atom. The van der Waals surface area contributed by atoms with Crippen LogP contribution in [-0.2, 0) is 9.47 Å². The van der Waals surface area contributed by atoms with Gasteiger partial charge in [0, 0.05) is 14.2 Å². The Balaban J connectivity index is 4.28. The number of carbonyl (C=O) groups is 1. The highest BCUT2D eigenvalue weighted by Gasteiger charge is 2.12. The lowest BCUT2D eigenvalue weighted by Gasteiger charge is -2.14. The van der Waals surface area contributed by atoms with Gasteiger partial charge in [0.25, 0.3) is 0 Å². The molecule has 76 valence electrons. The fraction of sp³-hybridized carbons (Fsp3) is 0.714. The molecule has 6 heteroatoms. The number of primary amides is 1. The topological polar surface area (TPSA) is 85.9 Å². The number of hydrogen-bond donors (Lipinski definition) is 2. The van der Waals surface area contributed by atoms with Crippen molar-refractivity contribution in [1.82, 2.24) is 5.43 Å². The third kappa shape index (κ3) is 4.44. The van der Waals surface area contributed by atoms with Crippen LogP contribution in [-0.4, -0.2) is 32.3 Å². The first-order chi connectivity index (χ1) is 6.15. The third-order valence-electron chi connectivity index (χ3n) is 1.37. The number of ether oxygens (including phenoxy) is 2. The standard InChI is InChI=1S/C7H15N3O3/c1-4-5(6(12-2)13-3)9-10-7(8)11/h6H,4H2,1-3H3,(H3,8,10,11)/b9-5+. The molecule has 0 aliphatic carbocycles. The molecule has 0 aliphatic heterocycles. The van der Waals surface area contributed by atoms with E-state index < -0.39 is 12.3 Å². The Morgan fingerprint density at radius 2 is 2.08 bits per heavy atom. The van der Waals surface area contributed by atoms with Crippen molar-refractivity contribution in [2.45, 2.75) is 19.6 Å². The van der Waals surface area contributed by atoms with Crippen LogP contribution in [0.2, 0.25) is 0 Å². The normalized spacial score (nSPS) is 11.8. The number of hydrogen-bond acceptors (Lipinski definition) is 4. The van der Waals surface area contributed by atoms with Crippen LogP contribution in [0.4, 0.5) is 4.79 Å². The summed E-state index contributed by atoms with van der Waals surface area (Å²) in [6.07, 6.45) is 0.0592. The smallest absolute Gasteiger partial charge is 0.332 e. The molecule has 0 aliphatic rings. The van der Waals surface area contributed by atoms with Crippen molar-refractivity contribution in [3.05, 3.63) is 0 Å². The van der Waals surface area contributed by atoms with Crippen molar-refractivity contribution in [1.29, 1.82) is 0 Å². The maximum atomic E-state index is 10.3. The highest BCUT2D eigenvalue weighted by Crippen LogP contribution is 1.98. The zero-order valence-corrected chi connectivity index (χ0v) is 8.03. The largest absolute Gasteiger partial charge is 0.351 e. The second kappa shape index (κ2) is 6.38. The average molecular weight is 189 g/mol. The van der Waals surface area contributed by atoms with Gasteiger partial charge in [-0.2, -0.15) is 5.10 Å². The molecule has 0 saturated carbocycles. The molecule has 0 aromatic rings. The fourth-order valence-electron chi connectivity index (χ4n) is 0.794. The van der Waals surface area contributed by atoms with Crippen molar-refractivity contribution in [2.75, 3.05) is 14.2 Å². The second-order valence-corrected chi connectivity index (χ2v) is 2.24. The molecule has 13 heavy (non-hydrogen) atoms. The van der Waals surface area contributed by atoms with Crippen LogP contribution in [0, 0.1) is 0 Å². The molecule has 6 nitrogen and oxygen atoms in total. The van der Waals surface area contributed by atoms with Gasteiger partial charge in [0.1, 0.15) is 0 Å². The van der Waals surface area contributed by atoms with Gasteiger partial charge in [0.15, 0.2) is 6.29 Å².